The second-order valence-corrected chi connectivity index (χ2v) is 7.88. The van der Waals surface area contributed by atoms with Gasteiger partial charge in [0, 0.05) is 25.6 Å². The first-order chi connectivity index (χ1) is 14.0. The highest BCUT2D eigenvalue weighted by Gasteiger charge is 2.26. The summed E-state index contributed by atoms with van der Waals surface area (Å²) in [6.45, 7) is 4.46. The van der Waals surface area contributed by atoms with Crippen molar-refractivity contribution in [1.29, 1.82) is 0 Å². The summed E-state index contributed by atoms with van der Waals surface area (Å²) < 4.78 is 7.95. The number of carbonyl (C=O) groups excluding carboxylic acids is 1. The number of methoxy groups -OCH3 is 1. The van der Waals surface area contributed by atoms with Crippen LogP contribution in [0.3, 0.4) is 0 Å². The van der Waals surface area contributed by atoms with Crippen LogP contribution in [0.5, 0.6) is 5.88 Å². The number of ether oxygens (including phenoxy) is 1. The second kappa shape index (κ2) is 7.63. The van der Waals surface area contributed by atoms with Gasteiger partial charge in [0.1, 0.15) is 5.56 Å². The summed E-state index contributed by atoms with van der Waals surface area (Å²) in [4.78, 5) is 24.1. The lowest BCUT2D eigenvalue weighted by atomic mass is 10.1. The maximum atomic E-state index is 13.5. The zero-order chi connectivity index (χ0) is 20.5. The summed E-state index contributed by atoms with van der Waals surface area (Å²) in [6, 6.07) is 7.96. The standard InChI is InChI=1S/C21H21N5O2S/c1-13-8-14(2)18-17(9-13)23-21(29-18)26(11-15-6-5-7-22-10-15)20(27)16-12-25(3)24-19(16)28-4/h5-10,12H,11H2,1-4H3. The lowest BCUT2D eigenvalue weighted by molar-refractivity contribution is 0.0982. The van der Waals surface area contributed by atoms with Crippen molar-refractivity contribution in [2.24, 2.45) is 7.05 Å². The van der Waals surface area contributed by atoms with Crippen molar-refractivity contribution in [1.82, 2.24) is 19.7 Å². The van der Waals surface area contributed by atoms with Crippen LogP contribution < -0.4 is 9.64 Å². The van der Waals surface area contributed by atoms with Gasteiger partial charge in [0.25, 0.3) is 5.91 Å². The second-order valence-electron chi connectivity index (χ2n) is 6.90. The van der Waals surface area contributed by atoms with Gasteiger partial charge in [-0.05, 0) is 42.7 Å². The highest BCUT2D eigenvalue weighted by Crippen LogP contribution is 2.34. The summed E-state index contributed by atoms with van der Waals surface area (Å²) >= 11 is 1.51. The summed E-state index contributed by atoms with van der Waals surface area (Å²) in [5.74, 6) is 0.0778. The summed E-state index contributed by atoms with van der Waals surface area (Å²) in [7, 11) is 3.27. The molecule has 0 fully saturated rings. The number of fused-ring (bicyclic) bond motifs is 1. The maximum Gasteiger partial charge on any atom is 0.267 e. The van der Waals surface area contributed by atoms with E-state index in [1.165, 1.54) is 18.4 Å². The lowest BCUT2D eigenvalue weighted by Gasteiger charge is -2.19. The number of amides is 1. The normalized spacial score (nSPS) is 11.0. The lowest BCUT2D eigenvalue weighted by Crippen LogP contribution is -2.30. The van der Waals surface area contributed by atoms with E-state index in [9.17, 15) is 4.79 Å². The third-order valence-electron chi connectivity index (χ3n) is 4.57. The molecule has 0 aliphatic rings. The van der Waals surface area contributed by atoms with Gasteiger partial charge in [-0.1, -0.05) is 23.5 Å². The van der Waals surface area contributed by atoms with E-state index in [1.54, 1.807) is 35.2 Å². The Morgan fingerprint density at radius 2 is 2.14 bits per heavy atom. The molecule has 3 heterocycles. The minimum absolute atomic E-state index is 0.216. The van der Waals surface area contributed by atoms with Gasteiger partial charge in [-0.3, -0.25) is 19.4 Å². The number of aromatic nitrogens is 4. The highest BCUT2D eigenvalue weighted by atomic mass is 32.1. The van der Waals surface area contributed by atoms with Gasteiger partial charge >= 0.3 is 0 Å². The molecule has 4 aromatic rings. The maximum absolute atomic E-state index is 13.5. The first kappa shape index (κ1) is 19.1. The van der Waals surface area contributed by atoms with Crippen LogP contribution in [0.4, 0.5) is 5.13 Å². The molecule has 0 saturated heterocycles. The number of thiazole rings is 1. The van der Waals surface area contributed by atoms with E-state index >= 15 is 0 Å². The molecule has 0 aliphatic carbocycles. The Balaban J connectivity index is 1.82. The summed E-state index contributed by atoms with van der Waals surface area (Å²) in [5.41, 5.74) is 4.49. The van der Waals surface area contributed by atoms with Crippen molar-refractivity contribution in [3.63, 3.8) is 0 Å². The first-order valence-electron chi connectivity index (χ1n) is 9.12. The van der Waals surface area contributed by atoms with Gasteiger partial charge < -0.3 is 4.74 Å². The molecule has 0 atom stereocenters. The van der Waals surface area contributed by atoms with Crippen molar-refractivity contribution >= 4 is 32.6 Å². The van der Waals surface area contributed by atoms with E-state index in [2.05, 4.69) is 23.1 Å². The third-order valence-corrected chi connectivity index (χ3v) is 5.80. The van der Waals surface area contributed by atoms with Gasteiger partial charge in [0.05, 0.1) is 23.9 Å². The van der Waals surface area contributed by atoms with Gasteiger partial charge in [0.2, 0.25) is 5.88 Å². The van der Waals surface area contributed by atoms with Crippen molar-refractivity contribution < 1.29 is 9.53 Å². The van der Waals surface area contributed by atoms with Crippen LogP contribution in [0.25, 0.3) is 10.2 Å². The Bertz CT molecular complexity index is 1180. The molecule has 4 rings (SSSR count). The highest BCUT2D eigenvalue weighted by molar-refractivity contribution is 7.22. The van der Waals surface area contributed by atoms with E-state index < -0.39 is 0 Å². The Morgan fingerprint density at radius 3 is 2.86 bits per heavy atom. The monoisotopic (exact) mass is 407 g/mol. The van der Waals surface area contributed by atoms with Crippen LogP contribution in [0, 0.1) is 13.8 Å². The molecule has 3 aromatic heterocycles. The van der Waals surface area contributed by atoms with Crippen molar-refractivity contribution in [3.05, 3.63) is 65.1 Å². The van der Waals surface area contributed by atoms with E-state index in [1.807, 2.05) is 25.1 Å². The van der Waals surface area contributed by atoms with E-state index in [4.69, 9.17) is 9.72 Å². The number of pyridine rings is 1. The molecular formula is C21H21N5O2S. The fourth-order valence-electron chi connectivity index (χ4n) is 3.29. The molecule has 29 heavy (non-hydrogen) atoms. The molecular weight excluding hydrogens is 386 g/mol. The largest absolute Gasteiger partial charge is 0.479 e. The summed E-state index contributed by atoms with van der Waals surface area (Å²) in [6.07, 6.45) is 5.13. The zero-order valence-corrected chi connectivity index (χ0v) is 17.5. The van der Waals surface area contributed by atoms with Gasteiger partial charge in [-0.15, -0.1) is 5.10 Å². The SMILES string of the molecule is COc1nn(C)cc1C(=O)N(Cc1cccnc1)c1nc2cc(C)cc(C)c2s1. The fraction of sp³-hybridized carbons (Fsp3) is 0.238. The number of aryl methyl sites for hydroxylation is 3. The molecule has 0 N–H and O–H groups in total. The predicted octanol–water partition coefficient (Wildman–Crippen LogP) is 3.90. The average Bonchev–Trinajstić information content (AvgIpc) is 3.29. The predicted molar refractivity (Wildman–Crippen MR) is 114 cm³/mol. The molecule has 148 valence electrons. The quantitative estimate of drug-likeness (QED) is 0.502. The van der Waals surface area contributed by atoms with Crippen molar-refractivity contribution in [2.75, 3.05) is 12.0 Å². The summed E-state index contributed by atoms with van der Waals surface area (Å²) in [5, 5.41) is 4.85. The van der Waals surface area contributed by atoms with Crippen LogP contribution in [-0.4, -0.2) is 32.8 Å². The Kier molecular flexibility index (Phi) is 5.02. The van der Waals surface area contributed by atoms with Crippen molar-refractivity contribution in [3.8, 4) is 5.88 Å². The van der Waals surface area contributed by atoms with Gasteiger partial charge in [-0.2, -0.15) is 0 Å². The number of rotatable bonds is 5. The molecule has 1 aromatic carbocycles. The van der Waals surface area contributed by atoms with Gasteiger partial charge in [0.15, 0.2) is 5.13 Å². The van der Waals surface area contributed by atoms with Gasteiger partial charge in [-0.25, -0.2) is 4.98 Å². The van der Waals surface area contributed by atoms with Crippen LogP contribution >= 0.6 is 11.3 Å². The smallest absolute Gasteiger partial charge is 0.267 e. The van der Waals surface area contributed by atoms with Crippen LogP contribution in [0.2, 0.25) is 0 Å². The number of nitrogens with zero attached hydrogens (tertiary/aromatic N) is 5. The average molecular weight is 407 g/mol. The molecule has 0 spiro atoms. The Morgan fingerprint density at radius 1 is 1.31 bits per heavy atom. The zero-order valence-electron chi connectivity index (χ0n) is 16.7. The van der Waals surface area contributed by atoms with E-state index in [0.29, 0.717) is 23.1 Å². The Labute approximate surface area is 172 Å². The number of anilines is 1. The molecule has 0 aliphatic heterocycles. The topological polar surface area (TPSA) is 73.1 Å². The molecule has 0 radical (unpaired) electrons. The molecule has 0 bridgehead atoms. The van der Waals surface area contributed by atoms with Crippen LogP contribution in [-0.2, 0) is 13.6 Å². The van der Waals surface area contributed by atoms with Crippen molar-refractivity contribution in [2.45, 2.75) is 20.4 Å². The van der Waals surface area contributed by atoms with E-state index in [0.717, 1.165) is 26.9 Å². The Hall–Kier alpha value is -3.26. The van der Waals surface area contributed by atoms with E-state index in [-0.39, 0.29) is 5.91 Å². The molecule has 0 saturated carbocycles. The fourth-order valence-corrected chi connectivity index (χ4v) is 4.31. The first-order valence-corrected chi connectivity index (χ1v) is 9.94. The minimum Gasteiger partial charge on any atom is -0.479 e. The molecule has 7 nitrogen and oxygen atoms in total. The number of hydrogen-bond acceptors (Lipinski definition) is 6. The molecule has 0 unspecified atom stereocenters. The molecule has 1 amide bonds. The third kappa shape index (κ3) is 3.71. The van der Waals surface area contributed by atoms with Crippen LogP contribution in [0.1, 0.15) is 27.0 Å². The minimum atomic E-state index is -0.216. The number of hydrogen-bond donors (Lipinski definition) is 0. The van der Waals surface area contributed by atoms with Crippen LogP contribution in [0.15, 0.2) is 42.9 Å². The number of carbonyl (C=O) groups is 1. The molecule has 8 heteroatoms. The number of benzene rings is 1.